The zero-order valence-corrected chi connectivity index (χ0v) is 19.7. The maximum Gasteiger partial charge on any atom is 0.252 e. The maximum absolute atomic E-state index is 13.5. The maximum atomic E-state index is 13.5. The zero-order valence-electron chi connectivity index (χ0n) is 18.9. The van der Waals surface area contributed by atoms with Crippen LogP contribution in [-0.4, -0.2) is 43.0 Å². The number of carbonyl (C=O) groups is 2. The quantitative estimate of drug-likeness (QED) is 0.536. The lowest BCUT2D eigenvalue weighted by atomic mass is 9.98. The van der Waals surface area contributed by atoms with Crippen LogP contribution in [0.2, 0.25) is 0 Å². The van der Waals surface area contributed by atoms with Gasteiger partial charge in [0.2, 0.25) is 5.91 Å². The molecule has 0 radical (unpaired) electrons. The minimum absolute atomic E-state index is 0.0291. The van der Waals surface area contributed by atoms with Crippen LogP contribution < -0.4 is 15.4 Å². The first kappa shape index (κ1) is 23.0. The molecule has 1 saturated heterocycles. The lowest BCUT2D eigenvalue weighted by Crippen LogP contribution is -2.47. The van der Waals surface area contributed by atoms with Crippen molar-refractivity contribution < 1.29 is 14.3 Å². The SMILES string of the molecule is COc1ccc(C)cc1NC(=O)C(c1ccccc1)N1CCC(NC(=O)c2ccsc2)CC1. The van der Waals surface area contributed by atoms with Crippen LogP contribution in [0.5, 0.6) is 5.75 Å². The van der Waals surface area contributed by atoms with Gasteiger partial charge in [0.15, 0.2) is 0 Å². The molecule has 0 aliphatic carbocycles. The van der Waals surface area contributed by atoms with Crippen LogP contribution in [0.25, 0.3) is 0 Å². The Hall–Kier alpha value is -3.16. The minimum atomic E-state index is -0.426. The first-order valence-corrected chi connectivity index (χ1v) is 12.1. The molecular weight excluding hydrogens is 434 g/mol. The Labute approximate surface area is 198 Å². The largest absolute Gasteiger partial charge is 0.495 e. The van der Waals surface area contributed by atoms with Gasteiger partial charge in [0.25, 0.3) is 5.91 Å². The lowest BCUT2D eigenvalue weighted by Gasteiger charge is -2.37. The Morgan fingerprint density at radius 2 is 1.85 bits per heavy atom. The van der Waals surface area contributed by atoms with Crippen molar-refractivity contribution in [2.45, 2.75) is 31.8 Å². The third-order valence-electron chi connectivity index (χ3n) is 5.99. The molecule has 2 aromatic carbocycles. The second-order valence-corrected chi connectivity index (χ2v) is 9.08. The molecule has 0 spiro atoms. The highest BCUT2D eigenvalue weighted by Crippen LogP contribution is 2.30. The number of hydrogen-bond acceptors (Lipinski definition) is 5. The number of aryl methyl sites for hydroxylation is 1. The average molecular weight is 464 g/mol. The highest BCUT2D eigenvalue weighted by atomic mass is 32.1. The van der Waals surface area contributed by atoms with Gasteiger partial charge in [0, 0.05) is 30.1 Å². The van der Waals surface area contributed by atoms with Crippen molar-refractivity contribution in [3.8, 4) is 5.75 Å². The topological polar surface area (TPSA) is 70.7 Å². The highest BCUT2D eigenvalue weighted by Gasteiger charge is 2.32. The molecule has 2 amide bonds. The predicted octanol–water partition coefficient (Wildman–Crippen LogP) is 4.64. The third kappa shape index (κ3) is 5.61. The molecule has 7 heteroatoms. The lowest BCUT2D eigenvalue weighted by molar-refractivity contribution is -0.122. The van der Waals surface area contributed by atoms with Gasteiger partial charge in [-0.15, -0.1) is 0 Å². The summed E-state index contributed by atoms with van der Waals surface area (Å²) in [5.41, 5.74) is 3.37. The smallest absolute Gasteiger partial charge is 0.252 e. The van der Waals surface area contributed by atoms with Crippen LogP contribution in [0.15, 0.2) is 65.4 Å². The number of likely N-dealkylation sites (tertiary alicyclic amines) is 1. The minimum Gasteiger partial charge on any atom is -0.495 e. The predicted molar refractivity (Wildman–Crippen MR) is 132 cm³/mol. The van der Waals surface area contributed by atoms with Gasteiger partial charge in [-0.1, -0.05) is 36.4 Å². The van der Waals surface area contributed by atoms with Gasteiger partial charge in [0.05, 0.1) is 12.8 Å². The summed E-state index contributed by atoms with van der Waals surface area (Å²) in [5, 5.41) is 9.99. The molecule has 0 bridgehead atoms. The van der Waals surface area contributed by atoms with E-state index in [1.165, 1.54) is 11.3 Å². The van der Waals surface area contributed by atoms with Crippen molar-refractivity contribution in [1.29, 1.82) is 0 Å². The number of methoxy groups -OCH3 is 1. The molecular formula is C26H29N3O3S. The van der Waals surface area contributed by atoms with Crippen LogP contribution in [0, 0.1) is 6.92 Å². The van der Waals surface area contributed by atoms with Gasteiger partial charge < -0.3 is 15.4 Å². The molecule has 2 N–H and O–H groups in total. The Kier molecular flexibility index (Phi) is 7.42. The average Bonchev–Trinajstić information content (AvgIpc) is 3.37. The molecule has 1 aliphatic heterocycles. The number of ether oxygens (including phenoxy) is 1. The number of anilines is 1. The number of amides is 2. The van der Waals surface area contributed by atoms with Crippen LogP contribution in [0.1, 0.15) is 40.4 Å². The number of benzene rings is 2. The number of hydrogen-bond donors (Lipinski definition) is 2. The van der Waals surface area contributed by atoms with Crippen molar-refractivity contribution in [3.05, 3.63) is 82.0 Å². The van der Waals surface area contributed by atoms with Gasteiger partial charge >= 0.3 is 0 Å². The van der Waals surface area contributed by atoms with Gasteiger partial charge in [-0.3, -0.25) is 14.5 Å². The van der Waals surface area contributed by atoms with Crippen LogP contribution in [0.4, 0.5) is 5.69 Å². The molecule has 0 saturated carbocycles. The Morgan fingerprint density at radius 1 is 1.09 bits per heavy atom. The fraction of sp³-hybridized carbons (Fsp3) is 0.308. The molecule has 1 fully saturated rings. The van der Waals surface area contributed by atoms with Crippen LogP contribution >= 0.6 is 11.3 Å². The molecule has 33 heavy (non-hydrogen) atoms. The molecule has 3 aromatic rings. The van der Waals surface area contributed by atoms with Gasteiger partial charge in [-0.25, -0.2) is 0 Å². The molecule has 1 unspecified atom stereocenters. The number of carbonyl (C=O) groups excluding carboxylic acids is 2. The van der Waals surface area contributed by atoms with E-state index in [0.717, 1.165) is 24.0 Å². The standard InChI is InChI=1S/C26H29N3O3S/c1-18-8-9-23(32-2)22(16-18)28-26(31)24(19-6-4-3-5-7-19)29-13-10-21(11-14-29)27-25(30)20-12-15-33-17-20/h3-9,12,15-17,21,24H,10-11,13-14H2,1-2H3,(H,27,30)(H,28,31). The van der Waals surface area contributed by atoms with E-state index in [9.17, 15) is 9.59 Å². The molecule has 4 rings (SSSR count). The second kappa shape index (κ2) is 10.6. The Morgan fingerprint density at radius 3 is 2.52 bits per heavy atom. The molecule has 172 valence electrons. The first-order chi connectivity index (χ1) is 16.0. The van der Waals surface area contributed by atoms with Crippen molar-refractivity contribution in [2.24, 2.45) is 0 Å². The summed E-state index contributed by atoms with van der Waals surface area (Å²) < 4.78 is 5.45. The first-order valence-electron chi connectivity index (χ1n) is 11.1. The Bertz CT molecular complexity index is 1080. The number of thiophene rings is 1. The van der Waals surface area contributed by atoms with E-state index in [1.807, 2.05) is 72.3 Å². The summed E-state index contributed by atoms with van der Waals surface area (Å²) >= 11 is 1.52. The molecule has 6 nitrogen and oxygen atoms in total. The monoisotopic (exact) mass is 463 g/mol. The second-order valence-electron chi connectivity index (χ2n) is 8.30. The van der Waals surface area contributed by atoms with E-state index in [2.05, 4.69) is 15.5 Å². The summed E-state index contributed by atoms with van der Waals surface area (Å²) in [6.07, 6.45) is 1.58. The number of piperidine rings is 1. The summed E-state index contributed by atoms with van der Waals surface area (Å²) in [6.45, 7) is 3.41. The summed E-state index contributed by atoms with van der Waals surface area (Å²) in [5.74, 6) is 0.514. The summed E-state index contributed by atoms with van der Waals surface area (Å²) in [4.78, 5) is 28.1. The zero-order chi connectivity index (χ0) is 23.2. The van der Waals surface area contributed by atoms with E-state index in [4.69, 9.17) is 4.74 Å². The fourth-order valence-electron chi connectivity index (χ4n) is 4.25. The van der Waals surface area contributed by atoms with E-state index in [-0.39, 0.29) is 17.9 Å². The highest BCUT2D eigenvalue weighted by molar-refractivity contribution is 7.08. The number of nitrogens with zero attached hydrogens (tertiary/aromatic N) is 1. The fourth-order valence-corrected chi connectivity index (χ4v) is 4.88. The molecule has 1 atom stereocenters. The van der Waals surface area contributed by atoms with E-state index in [0.29, 0.717) is 30.1 Å². The van der Waals surface area contributed by atoms with E-state index in [1.54, 1.807) is 7.11 Å². The number of nitrogens with one attached hydrogen (secondary N) is 2. The van der Waals surface area contributed by atoms with Crippen LogP contribution in [-0.2, 0) is 4.79 Å². The van der Waals surface area contributed by atoms with Crippen LogP contribution in [0.3, 0.4) is 0 Å². The molecule has 1 aliphatic rings. The van der Waals surface area contributed by atoms with E-state index >= 15 is 0 Å². The molecule has 1 aromatic heterocycles. The number of rotatable bonds is 7. The summed E-state index contributed by atoms with van der Waals surface area (Å²) in [7, 11) is 1.60. The van der Waals surface area contributed by atoms with Gasteiger partial charge in [0.1, 0.15) is 11.8 Å². The van der Waals surface area contributed by atoms with Gasteiger partial charge in [-0.05, 0) is 54.5 Å². The normalized spacial score (nSPS) is 15.6. The van der Waals surface area contributed by atoms with Crippen molar-refractivity contribution >= 4 is 28.8 Å². The molecule has 2 heterocycles. The van der Waals surface area contributed by atoms with Crippen molar-refractivity contribution in [1.82, 2.24) is 10.2 Å². The Balaban J connectivity index is 1.47. The van der Waals surface area contributed by atoms with Crippen molar-refractivity contribution in [2.75, 3.05) is 25.5 Å². The third-order valence-corrected chi connectivity index (χ3v) is 6.67. The van der Waals surface area contributed by atoms with Crippen molar-refractivity contribution in [3.63, 3.8) is 0 Å². The van der Waals surface area contributed by atoms with E-state index < -0.39 is 6.04 Å². The summed E-state index contributed by atoms with van der Waals surface area (Å²) in [6, 6.07) is 17.1. The van der Waals surface area contributed by atoms with Gasteiger partial charge in [-0.2, -0.15) is 11.3 Å².